The minimum atomic E-state index is -1.82. The van der Waals surface area contributed by atoms with E-state index in [2.05, 4.69) is 36.1 Å². The molecule has 4 atom stereocenters. The van der Waals surface area contributed by atoms with Crippen molar-refractivity contribution in [2.45, 2.75) is 76.2 Å². The Hall–Kier alpha value is -4.36. The molecule has 0 saturated carbocycles. The summed E-state index contributed by atoms with van der Waals surface area (Å²) < 4.78 is 22.0. The van der Waals surface area contributed by atoms with Crippen molar-refractivity contribution < 1.29 is 23.8 Å². The van der Waals surface area contributed by atoms with Crippen LogP contribution in [0.25, 0.3) is 10.8 Å². The van der Waals surface area contributed by atoms with Crippen molar-refractivity contribution in [3.05, 3.63) is 94.4 Å². The molecule has 2 aliphatic rings. The molecule has 0 spiro atoms. The Morgan fingerprint density at radius 2 is 1.72 bits per heavy atom. The summed E-state index contributed by atoms with van der Waals surface area (Å²) in [5, 5.41) is 16.3. The van der Waals surface area contributed by atoms with Crippen LogP contribution in [0.1, 0.15) is 58.9 Å². The fraction of sp³-hybridized carbons (Fsp3) is 0.371. The molecule has 12 heteroatoms. The number of benzene rings is 2. The zero-order valence-corrected chi connectivity index (χ0v) is 28.2. The van der Waals surface area contributed by atoms with Gasteiger partial charge in [0.2, 0.25) is 9.76 Å². The van der Waals surface area contributed by atoms with Crippen LogP contribution in [0.3, 0.4) is 0 Å². The molecule has 47 heavy (non-hydrogen) atoms. The van der Waals surface area contributed by atoms with Gasteiger partial charge in [-0.2, -0.15) is 4.98 Å². The largest absolute Gasteiger partial charge is 0.456 e. The van der Waals surface area contributed by atoms with E-state index in [1.54, 1.807) is 31.5 Å². The summed E-state index contributed by atoms with van der Waals surface area (Å²) in [6, 6.07) is 20.6. The van der Waals surface area contributed by atoms with Crippen molar-refractivity contribution in [3.8, 4) is 0 Å². The quantitative estimate of drug-likeness (QED) is 0.175. The molecular formula is C35H39N5O6Si. The molecule has 2 aromatic heterocycles. The molecule has 2 aromatic carbocycles. The first kappa shape index (κ1) is 32.6. The average Bonchev–Trinajstić information content (AvgIpc) is 3.49. The molecule has 11 nitrogen and oxygen atoms in total. The Balaban J connectivity index is 1.62. The number of hydrogen-bond donors (Lipinski definition) is 3. The molecule has 4 N–H and O–H groups in total. The van der Waals surface area contributed by atoms with Gasteiger partial charge in [-0.15, -0.1) is 0 Å². The predicted octanol–water partition coefficient (Wildman–Crippen LogP) is 5.08. The van der Waals surface area contributed by atoms with Gasteiger partial charge in [0.05, 0.1) is 17.6 Å². The van der Waals surface area contributed by atoms with Crippen LogP contribution in [0.15, 0.2) is 82.7 Å². The van der Waals surface area contributed by atoms with Crippen LogP contribution in [-0.4, -0.2) is 54.5 Å². The molecule has 4 heterocycles. The number of aromatic nitrogens is 2. The summed E-state index contributed by atoms with van der Waals surface area (Å²) >= 11 is 0. The molecular weight excluding hydrogens is 615 g/mol. The fourth-order valence-corrected chi connectivity index (χ4v) is 6.93. The number of carbonyl (C=O) groups is 1. The number of nitrogens with zero attached hydrogens (tertiary/aromatic N) is 3. The lowest BCUT2D eigenvalue weighted by molar-refractivity contribution is -0.172. The van der Waals surface area contributed by atoms with Gasteiger partial charge in [0.1, 0.15) is 28.9 Å². The summed E-state index contributed by atoms with van der Waals surface area (Å²) in [5.74, 6) is -0.331. The summed E-state index contributed by atoms with van der Waals surface area (Å²) in [7, 11) is -0.0129. The van der Waals surface area contributed by atoms with E-state index in [9.17, 15) is 14.7 Å². The topological polar surface area (TPSA) is 150 Å². The molecule has 6 rings (SSSR count). The third kappa shape index (κ3) is 5.75. The van der Waals surface area contributed by atoms with Crippen molar-refractivity contribution in [2.75, 3.05) is 11.1 Å². The number of aliphatic imine (C=N–C) groups is 1. The van der Waals surface area contributed by atoms with Crippen LogP contribution in [0, 0.1) is 5.92 Å². The molecule has 0 aliphatic carbocycles. The number of nitrogens with two attached hydrogens (primary N) is 1. The standard InChI is InChI=1S/C35H39N5O6Si/c1-20(2)31(42)44-27-28(35(46-47-33(3,4)5,21-13-9-7-10-14-21)22-15-11-8-12-16-22)45-32(34(27,6)43)40-18-23-24(36)17-25(41)39-29-26(23)30(40)38-19-37-29/h7-20,27-28,32,43H,36H2,1-6H3,(H,37,38,39,41). The number of aliphatic hydroxyl groups is 1. The number of hydrogen-bond acceptors (Lipinski definition) is 10. The smallest absolute Gasteiger partial charge is 0.308 e. The van der Waals surface area contributed by atoms with E-state index in [-0.39, 0.29) is 26.3 Å². The Kier molecular flexibility index (Phi) is 8.33. The summed E-state index contributed by atoms with van der Waals surface area (Å²) in [4.78, 5) is 34.5. The normalized spacial score (nSPS) is 22.4. The third-order valence-electron chi connectivity index (χ3n) is 8.36. The highest BCUT2D eigenvalue weighted by Gasteiger charge is 2.64. The maximum Gasteiger partial charge on any atom is 0.308 e. The van der Waals surface area contributed by atoms with Crippen molar-refractivity contribution >= 4 is 50.2 Å². The van der Waals surface area contributed by atoms with Gasteiger partial charge in [0, 0.05) is 23.3 Å². The van der Waals surface area contributed by atoms with E-state index in [0.717, 1.165) is 11.1 Å². The zero-order valence-electron chi connectivity index (χ0n) is 27.2. The molecule has 1 saturated heterocycles. The number of anilines is 2. The Morgan fingerprint density at radius 3 is 2.30 bits per heavy atom. The lowest BCUT2D eigenvalue weighted by Gasteiger charge is -2.43. The van der Waals surface area contributed by atoms with E-state index in [4.69, 9.17) is 19.6 Å². The Bertz CT molecular complexity index is 1850. The van der Waals surface area contributed by atoms with Crippen molar-refractivity contribution in [1.29, 1.82) is 0 Å². The van der Waals surface area contributed by atoms with Crippen LogP contribution >= 0.6 is 0 Å². The van der Waals surface area contributed by atoms with Crippen LogP contribution in [0.2, 0.25) is 5.04 Å². The van der Waals surface area contributed by atoms with Gasteiger partial charge in [-0.05, 0) is 23.1 Å². The zero-order chi connectivity index (χ0) is 33.7. The SMILES string of the molecule is CC(C)C(=O)OC1C(C(O[Si]C(C)(C)C)(c2ccccc2)c2ccccc2)OC(n2cc3c(N)cc(=O)nc4c3c2N=CN4)C1(C)O. The molecule has 2 aliphatic heterocycles. The van der Waals surface area contributed by atoms with Crippen LogP contribution in [0.4, 0.5) is 17.3 Å². The second-order valence-corrected chi connectivity index (χ2v) is 15.4. The van der Waals surface area contributed by atoms with Crippen LogP contribution in [0.5, 0.6) is 0 Å². The summed E-state index contributed by atoms with van der Waals surface area (Å²) in [6.07, 6.45) is -0.308. The highest BCUT2D eigenvalue weighted by molar-refractivity contribution is 6.32. The fourth-order valence-electron chi connectivity index (χ4n) is 6.11. The number of esters is 1. The van der Waals surface area contributed by atoms with Gasteiger partial charge in [0.15, 0.2) is 12.3 Å². The van der Waals surface area contributed by atoms with Gasteiger partial charge in [-0.25, -0.2) is 4.99 Å². The van der Waals surface area contributed by atoms with Gasteiger partial charge in [-0.3, -0.25) is 9.59 Å². The Morgan fingerprint density at radius 1 is 1.11 bits per heavy atom. The Labute approximate surface area is 275 Å². The molecule has 244 valence electrons. The highest BCUT2D eigenvalue weighted by Crippen LogP contribution is 2.53. The number of ether oxygens (including phenoxy) is 2. The molecule has 4 unspecified atom stereocenters. The first-order valence-electron chi connectivity index (χ1n) is 15.5. The summed E-state index contributed by atoms with van der Waals surface area (Å²) in [6.45, 7) is 11.3. The van der Waals surface area contributed by atoms with E-state index in [1.807, 2.05) is 60.7 Å². The minimum Gasteiger partial charge on any atom is -0.456 e. The molecule has 1 fully saturated rings. The monoisotopic (exact) mass is 653 g/mol. The average molecular weight is 654 g/mol. The third-order valence-corrected chi connectivity index (χ3v) is 9.40. The maximum absolute atomic E-state index is 13.4. The first-order valence-corrected chi connectivity index (χ1v) is 16.4. The van der Waals surface area contributed by atoms with Crippen molar-refractivity contribution in [3.63, 3.8) is 0 Å². The first-order chi connectivity index (χ1) is 22.2. The van der Waals surface area contributed by atoms with E-state index in [1.165, 1.54) is 12.4 Å². The predicted molar refractivity (Wildman–Crippen MR) is 182 cm³/mol. The van der Waals surface area contributed by atoms with Gasteiger partial charge in [-0.1, -0.05) is 95.3 Å². The second kappa shape index (κ2) is 12.0. The lowest BCUT2D eigenvalue weighted by atomic mass is 9.77. The van der Waals surface area contributed by atoms with Gasteiger partial charge >= 0.3 is 5.97 Å². The van der Waals surface area contributed by atoms with E-state index in [0.29, 0.717) is 16.6 Å². The molecule has 0 amide bonds. The number of nitrogen functional groups attached to an aromatic ring is 1. The second-order valence-electron chi connectivity index (χ2n) is 13.5. The van der Waals surface area contributed by atoms with Crippen LogP contribution in [-0.2, 0) is 24.3 Å². The molecule has 0 bridgehead atoms. The highest BCUT2D eigenvalue weighted by atomic mass is 28.2. The number of carbonyl (C=O) groups excluding carboxylic acids is 1. The van der Waals surface area contributed by atoms with E-state index >= 15 is 0 Å². The summed E-state index contributed by atoms with van der Waals surface area (Å²) in [5.41, 5.74) is 4.42. The van der Waals surface area contributed by atoms with Crippen LogP contribution < -0.4 is 16.6 Å². The van der Waals surface area contributed by atoms with Gasteiger partial charge < -0.3 is 34.6 Å². The van der Waals surface area contributed by atoms with Crippen molar-refractivity contribution in [2.24, 2.45) is 10.9 Å². The van der Waals surface area contributed by atoms with E-state index < -0.39 is 47.1 Å². The minimum absolute atomic E-state index is 0.0129. The lowest BCUT2D eigenvalue weighted by Crippen LogP contribution is -2.55. The van der Waals surface area contributed by atoms with Crippen molar-refractivity contribution in [1.82, 2.24) is 9.55 Å². The maximum atomic E-state index is 13.4. The number of rotatable bonds is 8. The van der Waals surface area contributed by atoms with Gasteiger partial charge in [0.25, 0.3) is 5.56 Å². The number of nitrogens with one attached hydrogen (secondary N) is 1. The molecule has 2 radical (unpaired) electrons. The molecule has 4 aromatic rings.